The van der Waals surface area contributed by atoms with Crippen molar-refractivity contribution in [2.24, 2.45) is 0 Å². The van der Waals surface area contributed by atoms with E-state index in [0.29, 0.717) is 12.4 Å². The van der Waals surface area contributed by atoms with Crippen molar-refractivity contribution < 1.29 is 14.6 Å². The van der Waals surface area contributed by atoms with Crippen LogP contribution in [0.2, 0.25) is 0 Å². The molecule has 0 fully saturated rings. The van der Waals surface area contributed by atoms with E-state index in [4.69, 9.17) is 9.84 Å². The summed E-state index contributed by atoms with van der Waals surface area (Å²) in [4.78, 5) is 11.0. The lowest BCUT2D eigenvalue weighted by atomic mass is 10.1. The smallest absolute Gasteiger partial charge is 0.335 e. The lowest BCUT2D eigenvalue weighted by Gasteiger charge is -2.11. The van der Waals surface area contributed by atoms with E-state index in [9.17, 15) is 4.79 Å². The van der Waals surface area contributed by atoms with Crippen LogP contribution in [0, 0.1) is 17.4 Å². The zero-order valence-electron chi connectivity index (χ0n) is 11.3. The molecule has 1 N–H and O–H groups in total. The molecule has 0 saturated carbocycles. The zero-order valence-corrected chi connectivity index (χ0v) is 13.5. The van der Waals surface area contributed by atoms with Gasteiger partial charge in [-0.15, -0.1) is 0 Å². The van der Waals surface area contributed by atoms with Crippen LogP contribution >= 0.6 is 22.6 Å². The summed E-state index contributed by atoms with van der Waals surface area (Å²) in [5.41, 5.74) is 3.70. The maximum atomic E-state index is 11.0. The maximum Gasteiger partial charge on any atom is 0.335 e. The van der Waals surface area contributed by atoms with Crippen molar-refractivity contribution in [3.63, 3.8) is 0 Å². The molecule has 4 heteroatoms. The molecule has 0 aromatic heterocycles. The van der Waals surface area contributed by atoms with E-state index in [1.165, 1.54) is 11.1 Å². The van der Waals surface area contributed by atoms with Gasteiger partial charge in [-0.3, -0.25) is 0 Å². The van der Waals surface area contributed by atoms with Crippen LogP contribution in [0.4, 0.5) is 0 Å². The van der Waals surface area contributed by atoms with Gasteiger partial charge in [0.1, 0.15) is 12.4 Å². The van der Waals surface area contributed by atoms with Crippen LogP contribution in [0.1, 0.15) is 27.0 Å². The summed E-state index contributed by atoms with van der Waals surface area (Å²) in [7, 11) is 0. The number of benzene rings is 2. The molecule has 0 spiro atoms. The number of rotatable bonds is 4. The number of aryl methyl sites for hydroxylation is 2. The second-order valence-electron chi connectivity index (χ2n) is 4.67. The number of carboxylic acids is 1. The van der Waals surface area contributed by atoms with Crippen LogP contribution in [0.3, 0.4) is 0 Å². The average Bonchev–Trinajstić information content (AvgIpc) is 2.41. The van der Waals surface area contributed by atoms with Gasteiger partial charge in [0.05, 0.1) is 9.13 Å². The monoisotopic (exact) mass is 382 g/mol. The van der Waals surface area contributed by atoms with Crippen LogP contribution in [0.25, 0.3) is 0 Å². The molecule has 2 aromatic carbocycles. The zero-order chi connectivity index (χ0) is 14.7. The van der Waals surface area contributed by atoms with Crippen molar-refractivity contribution in [1.29, 1.82) is 0 Å². The van der Waals surface area contributed by atoms with Crippen LogP contribution < -0.4 is 4.74 Å². The molecule has 0 radical (unpaired) electrons. The molecule has 2 aromatic rings. The quantitative estimate of drug-likeness (QED) is 0.807. The highest BCUT2D eigenvalue weighted by molar-refractivity contribution is 14.1. The van der Waals surface area contributed by atoms with E-state index in [1.54, 1.807) is 18.2 Å². The highest BCUT2D eigenvalue weighted by Crippen LogP contribution is 2.24. The Balaban J connectivity index is 2.20. The predicted octanol–water partition coefficient (Wildman–Crippen LogP) is 4.19. The Morgan fingerprint density at radius 1 is 1.20 bits per heavy atom. The molecular weight excluding hydrogens is 367 g/mol. The van der Waals surface area contributed by atoms with E-state index in [-0.39, 0.29) is 5.56 Å². The molecular formula is C16H15IO3. The van der Waals surface area contributed by atoms with Gasteiger partial charge in [0, 0.05) is 0 Å². The fraction of sp³-hybridized carbons (Fsp3) is 0.188. The summed E-state index contributed by atoms with van der Waals surface area (Å²) >= 11 is 2.14. The van der Waals surface area contributed by atoms with Gasteiger partial charge in [0.15, 0.2) is 0 Å². The molecule has 20 heavy (non-hydrogen) atoms. The minimum Gasteiger partial charge on any atom is -0.488 e. The lowest BCUT2D eigenvalue weighted by molar-refractivity contribution is 0.0696. The Morgan fingerprint density at radius 3 is 2.65 bits per heavy atom. The molecule has 0 bridgehead atoms. The molecule has 104 valence electrons. The summed E-state index contributed by atoms with van der Waals surface area (Å²) in [6.45, 7) is 4.51. The second-order valence-corrected chi connectivity index (χ2v) is 5.83. The summed E-state index contributed by atoms with van der Waals surface area (Å²) < 4.78 is 6.68. The number of halogens is 1. The van der Waals surface area contributed by atoms with Gasteiger partial charge in [0.25, 0.3) is 0 Å². The van der Waals surface area contributed by atoms with Crippen molar-refractivity contribution in [3.05, 3.63) is 62.2 Å². The normalized spacial score (nSPS) is 10.3. The Morgan fingerprint density at radius 2 is 1.95 bits per heavy atom. The van der Waals surface area contributed by atoms with E-state index in [1.807, 2.05) is 13.8 Å². The average molecular weight is 382 g/mol. The molecule has 0 unspecified atom stereocenters. The van der Waals surface area contributed by atoms with E-state index in [2.05, 4.69) is 40.8 Å². The van der Waals surface area contributed by atoms with Crippen LogP contribution in [0.15, 0.2) is 36.4 Å². The summed E-state index contributed by atoms with van der Waals surface area (Å²) in [5.74, 6) is -0.343. The molecule has 0 aliphatic carbocycles. The Kier molecular flexibility index (Phi) is 4.65. The number of carbonyl (C=O) groups is 1. The number of ether oxygens (including phenoxy) is 1. The van der Waals surface area contributed by atoms with Gasteiger partial charge in [-0.25, -0.2) is 4.79 Å². The fourth-order valence-corrected chi connectivity index (χ4v) is 2.35. The molecule has 3 nitrogen and oxygen atoms in total. The predicted molar refractivity (Wildman–Crippen MR) is 86.4 cm³/mol. The summed E-state index contributed by atoms with van der Waals surface area (Å²) in [5, 5.41) is 9.01. The third-order valence-corrected chi connectivity index (χ3v) is 3.96. The molecule has 0 aliphatic heterocycles. The Labute approximate surface area is 131 Å². The minimum atomic E-state index is -0.946. The first-order valence-electron chi connectivity index (χ1n) is 6.19. The Bertz CT molecular complexity index is 650. The van der Waals surface area contributed by atoms with Crippen LogP contribution in [0.5, 0.6) is 5.75 Å². The maximum absolute atomic E-state index is 11.0. The highest BCUT2D eigenvalue weighted by atomic mass is 127. The third-order valence-electron chi connectivity index (χ3n) is 3.07. The van der Waals surface area contributed by atoms with E-state index in [0.717, 1.165) is 9.13 Å². The lowest BCUT2D eigenvalue weighted by Crippen LogP contribution is -2.02. The molecule has 0 atom stereocenters. The van der Waals surface area contributed by atoms with E-state index < -0.39 is 5.97 Å². The SMILES string of the molecule is Cc1ccc(C)c(COc2cc(C(=O)O)ccc2I)c1. The molecule has 0 aliphatic rings. The fourth-order valence-electron chi connectivity index (χ4n) is 1.86. The van der Waals surface area contributed by atoms with Gasteiger partial charge in [-0.05, 0) is 65.8 Å². The summed E-state index contributed by atoms with van der Waals surface area (Å²) in [6, 6.07) is 11.1. The van der Waals surface area contributed by atoms with Gasteiger partial charge in [-0.1, -0.05) is 23.8 Å². The topological polar surface area (TPSA) is 46.5 Å². The number of aromatic carboxylic acids is 1. The standard InChI is InChI=1S/C16H15IO3/c1-10-3-4-11(2)13(7-10)9-20-15-8-12(16(18)19)5-6-14(15)17/h3-8H,9H2,1-2H3,(H,18,19). The number of hydrogen-bond donors (Lipinski definition) is 1. The Hall–Kier alpha value is -1.56. The molecule has 0 amide bonds. The van der Waals surface area contributed by atoms with Crippen molar-refractivity contribution in [3.8, 4) is 5.75 Å². The summed E-state index contributed by atoms with van der Waals surface area (Å²) in [6.07, 6.45) is 0. The van der Waals surface area contributed by atoms with Gasteiger partial charge in [0.2, 0.25) is 0 Å². The first-order chi connectivity index (χ1) is 9.47. The van der Waals surface area contributed by atoms with Gasteiger partial charge < -0.3 is 9.84 Å². The third kappa shape index (κ3) is 3.50. The van der Waals surface area contributed by atoms with Crippen molar-refractivity contribution in [2.45, 2.75) is 20.5 Å². The minimum absolute atomic E-state index is 0.237. The second kappa shape index (κ2) is 6.26. The van der Waals surface area contributed by atoms with Crippen LogP contribution in [-0.2, 0) is 6.61 Å². The van der Waals surface area contributed by atoms with Crippen molar-refractivity contribution in [1.82, 2.24) is 0 Å². The van der Waals surface area contributed by atoms with Crippen LogP contribution in [-0.4, -0.2) is 11.1 Å². The number of carboxylic acid groups (broad SMARTS) is 1. The van der Waals surface area contributed by atoms with Crippen molar-refractivity contribution in [2.75, 3.05) is 0 Å². The van der Waals surface area contributed by atoms with Gasteiger partial charge in [-0.2, -0.15) is 0 Å². The number of hydrogen-bond acceptors (Lipinski definition) is 2. The molecule has 2 rings (SSSR count). The van der Waals surface area contributed by atoms with Gasteiger partial charge >= 0.3 is 5.97 Å². The van der Waals surface area contributed by atoms with E-state index >= 15 is 0 Å². The molecule has 0 saturated heterocycles. The van der Waals surface area contributed by atoms with Crippen molar-refractivity contribution >= 4 is 28.6 Å². The molecule has 0 heterocycles. The largest absolute Gasteiger partial charge is 0.488 e. The highest BCUT2D eigenvalue weighted by Gasteiger charge is 2.09. The first-order valence-corrected chi connectivity index (χ1v) is 7.27. The first kappa shape index (κ1) is 14.8.